The van der Waals surface area contributed by atoms with Crippen LogP contribution >= 0.6 is 0 Å². The van der Waals surface area contributed by atoms with E-state index in [9.17, 15) is 4.79 Å². The lowest BCUT2D eigenvalue weighted by Crippen LogP contribution is -2.49. The van der Waals surface area contributed by atoms with Crippen molar-refractivity contribution in [1.29, 1.82) is 0 Å². The van der Waals surface area contributed by atoms with Crippen LogP contribution in [0.5, 0.6) is 0 Å². The molecular formula is C11H24N2O2. The number of hydrogen-bond acceptors (Lipinski definition) is 3. The van der Waals surface area contributed by atoms with Crippen LogP contribution in [0.4, 0.5) is 0 Å². The average molecular weight is 216 g/mol. The van der Waals surface area contributed by atoms with E-state index in [0.29, 0.717) is 12.8 Å². The Morgan fingerprint density at radius 3 is 2.33 bits per heavy atom. The summed E-state index contributed by atoms with van der Waals surface area (Å²) in [4.78, 5) is 13.0. The van der Waals surface area contributed by atoms with Crippen molar-refractivity contribution < 1.29 is 9.90 Å². The van der Waals surface area contributed by atoms with Crippen molar-refractivity contribution in [2.45, 2.75) is 44.6 Å². The molecule has 0 aliphatic carbocycles. The third-order valence-corrected chi connectivity index (χ3v) is 2.66. The van der Waals surface area contributed by atoms with Gasteiger partial charge in [0.15, 0.2) is 0 Å². The maximum atomic E-state index is 11.1. The van der Waals surface area contributed by atoms with Gasteiger partial charge in [0.1, 0.15) is 5.54 Å². The first kappa shape index (κ1) is 14.4. The van der Waals surface area contributed by atoms with Crippen LogP contribution in [0.1, 0.15) is 39.0 Å². The number of carboxylic acid groups (broad SMARTS) is 1. The fraction of sp³-hybridized carbons (Fsp3) is 0.909. The summed E-state index contributed by atoms with van der Waals surface area (Å²) >= 11 is 0. The first-order valence-corrected chi connectivity index (χ1v) is 5.59. The molecule has 0 aromatic carbocycles. The van der Waals surface area contributed by atoms with E-state index in [1.54, 1.807) is 0 Å². The molecule has 0 aliphatic rings. The largest absolute Gasteiger partial charge is 0.480 e. The molecule has 0 aromatic rings. The SMILES string of the molecule is CCCCCC(N)(CCN(C)C)C(=O)O. The topological polar surface area (TPSA) is 66.6 Å². The van der Waals surface area contributed by atoms with Gasteiger partial charge >= 0.3 is 5.97 Å². The zero-order valence-electron chi connectivity index (χ0n) is 10.1. The van der Waals surface area contributed by atoms with Crippen molar-refractivity contribution in [2.75, 3.05) is 20.6 Å². The average Bonchev–Trinajstić information content (AvgIpc) is 2.15. The lowest BCUT2D eigenvalue weighted by molar-refractivity contribution is -0.144. The molecule has 4 nitrogen and oxygen atoms in total. The van der Waals surface area contributed by atoms with E-state index in [1.165, 1.54) is 0 Å². The number of carboxylic acids is 1. The Bertz CT molecular complexity index is 195. The van der Waals surface area contributed by atoms with Gasteiger partial charge in [-0.25, -0.2) is 0 Å². The predicted octanol–water partition coefficient (Wildman–Crippen LogP) is 1.30. The molecule has 1 unspecified atom stereocenters. The lowest BCUT2D eigenvalue weighted by atomic mass is 9.90. The predicted molar refractivity (Wildman–Crippen MR) is 61.9 cm³/mol. The third-order valence-electron chi connectivity index (χ3n) is 2.66. The van der Waals surface area contributed by atoms with Crippen LogP contribution in [0.25, 0.3) is 0 Å². The maximum absolute atomic E-state index is 11.1. The maximum Gasteiger partial charge on any atom is 0.323 e. The van der Waals surface area contributed by atoms with Crippen LogP contribution in [0.2, 0.25) is 0 Å². The summed E-state index contributed by atoms with van der Waals surface area (Å²) in [5.74, 6) is -0.875. The summed E-state index contributed by atoms with van der Waals surface area (Å²) in [7, 11) is 3.85. The number of rotatable bonds is 8. The Hall–Kier alpha value is -0.610. The van der Waals surface area contributed by atoms with Gasteiger partial charge in [-0.3, -0.25) is 4.79 Å². The summed E-state index contributed by atoms with van der Waals surface area (Å²) in [6.45, 7) is 2.81. The monoisotopic (exact) mass is 216 g/mol. The molecule has 0 heterocycles. The highest BCUT2D eigenvalue weighted by molar-refractivity contribution is 5.78. The molecule has 1 atom stereocenters. The first-order chi connectivity index (χ1) is 6.92. The molecular weight excluding hydrogens is 192 g/mol. The standard InChI is InChI=1S/C11H24N2O2/c1-4-5-6-7-11(12,10(14)15)8-9-13(2)3/h4-9,12H2,1-3H3,(H,14,15). The Kier molecular flexibility index (Phi) is 6.52. The molecule has 4 heteroatoms. The lowest BCUT2D eigenvalue weighted by Gasteiger charge is -2.26. The summed E-state index contributed by atoms with van der Waals surface area (Å²) in [5.41, 5.74) is 4.86. The number of nitrogens with two attached hydrogens (primary N) is 1. The van der Waals surface area contributed by atoms with Gasteiger partial charge in [0.25, 0.3) is 0 Å². The van der Waals surface area contributed by atoms with E-state index in [4.69, 9.17) is 10.8 Å². The number of aliphatic carboxylic acids is 1. The van der Waals surface area contributed by atoms with E-state index in [1.807, 2.05) is 19.0 Å². The second-order valence-electron chi connectivity index (χ2n) is 4.47. The van der Waals surface area contributed by atoms with Crippen LogP contribution in [-0.2, 0) is 4.79 Å². The summed E-state index contributed by atoms with van der Waals surface area (Å²) in [5, 5.41) is 9.10. The molecule has 0 bridgehead atoms. The smallest absolute Gasteiger partial charge is 0.323 e. The molecule has 0 fully saturated rings. The number of hydrogen-bond donors (Lipinski definition) is 2. The van der Waals surface area contributed by atoms with Gasteiger partial charge in [0, 0.05) is 0 Å². The Morgan fingerprint density at radius 1 is 1.33 bits per heavy atom. The molecule has 0 saturated heterocycles. The zero-order valence-corrected chi connectivity index (χ0v) is 10.1. The third kappa shape index (κ3) is 5.74. The molecule has 3 N–H and O–H groups in total. The van der Waals surface area contributed by atoms with Gasteiger partial charge in [-0.2, -0.15) is 0 Å². The van der Waals surface area contributed by atoms with E-state index >= 15 is 0 Å². The van der Waals surface area contributed by atoms with Crippen molar-refractivity contribution in [2.24, 2.45) is 5.73 Å². The molecule has 0 aromatic heterocycles. The van der Waals surface area contributed by atoms with Crippen LogP contribution < -0.4 is 5.73 Å². The minimum absolute atomic E-state index is 0.513. The van der Waals surface area contributed by atoms with Gasteiger partial charge in [0.05, 0.1) is 0 Å². The van der Waals surface area contributed by atoms with Crippen molar-refractivity contribution in [3.8, 4) is 0 Å². The molecule has 0 radical (unpaired) electrons. The molecule has 0 saturated carbocycles. The Balaban J connectivity index is 4.13. The highest BCUT2D eigenvalue weighted by atomic mass is 16.4. The van der Waals surface area contributed by atoms with Crippen LogP contribution in [-0.4, -0.2) is 42.2 Å². The number of nitrogens with zero attached hydrogens (tertiary/aromatic N) is 1. The van der Waals surface area contributed by atoms with Crippen LogP contribution in [0.15, 0.2) is 0 Å². The Labute approximate surface area is 92.4 Å². The molecule has 0 amide bonds. The zero-order chi connectivity index (χ0) is 11.9. The van der Waals surface area contributed by atoms with Gasteiger partial charge in [-0.05, 0) is 33.5 Å². The summed E-state index contributed by atoms with van der Waals surface area (Å²) in [6, 6.07) is 0. The van der Waals surface area contributed by atoms with Crippen LogP contribution in [0.3, 0.4) is 0 Å². The second-order valence-corrected chi connectivity index (χ2v) is 4.47. The highest BCUT2D eigenvalue weighted by Crippen LogP contribution is 2.17. The quantitative estimate of drug-likeness (QED) is 0.600. The summed E-state index contributed by atoms with van der Waals surface area (Å²) in [6.07, 6.45) is 4.12. The fourth-order valence-electron chi connectivity index (χ4n) is 1.45. The molecule has 0 spiro atoms. The van der Waals surface area contributed by atoms with E-state index in [-0.39, 0.29) is 0 Å². The van der Waals surface area contributed by atoms with Crippen LogP contribution in [0, 0.1) is 0 Å². The number of unbranched alkanes of at least 4 members (excludes halogenated alkanes) is 2. The molecule has 0 rings (SSSR count). The van der Waals surface area contributed by atoms with Gasteiger partial charge in [-0.15, -0.1) is 0 Å². The van der Waals surface area contributed by atoms with E-state index in [2.05, 4.69) is 6.92 Å². The van der Waals surface area contributed by atoms with Crippen molar-refractivity contribution in [3.63, 3.8) is 0 Å². The summed E-state index contributed by atoms with van der Waals surface area (Å²) < 4.78 is 0. The van der Waals surface area contributed by atoms with Gasteiger partial charge in [-0.1, -0.05) is 26.2 Å². The van der Waals surface area contributed by atoms with Crippen molar-refractivity contribution >= 4 is 5.97 Å². The molecule has 15 heavy (non-hydrogen) atoms. The highest BCUT2D eigenvalue weighted by Gasteiger charge is 2.32. The van der Waals surface area contributed by atoms with Crippen molar-refractivity contribution in [1.82, 2.24) is 4.90 Å². The van der Waals surface area contributed by atoms with E-state index < -0.39 is 11.5 Å². The first-order valence-electron chi connectivity index (χ1n) is 5.59. The number of carbonyl (C=O) groups is 1. The minimum Gasteiger partial charge on any atom is -0.480 e. The normalized spacial score (nSPS) is 15.3. The van der Waals surface area contributed by atoms with Crippen molar-refractivity contribution in [3.05, 3.63) is 0 Å². The van der Waals surface area contributed by atoms with Gasteiger partial charge in [0.2, 0.25) is 0 Å². The van der Waals surface area contributed by atoms with E-state index in [0.717, 1.165) is 25.8 Å². The molecule has 0 aliphatic heterocycles. The molecule has 90 valence electrons. The fourth-order valence-corrected chi connectivity index (χ4v) is 1.45. The second kappa shape index (κ2) is 6.80. The van der Waals surface area contributed by atoms with Gasteiger partial charge < -0.3 is 15.7 Å². The Morgan fingerprint density at radius 2 is 1.93 bits per heavy atom. The minimum atomic E-state index is -1.04.